The molecule has 152 valence electrons. The van der Waals surface area contributed by atoms with Crippen LogP contribution in [-0.2, 0) is 6.54 Å². The van der Waals surface area contributed by atoms with Gasteiger partial charge >= 0.3 is 0 Å². The first-order valence-electron chi connectivity index (χ1n) is 10.3. The van der Waals surface area contributed by atoms with Gasteiger partial charge in [0.25, 0.3) is 0 Å². The zero-order chi connectivity index (χ0) is 21.8. The fraction of sp³-hybridized carbons (Fsp3) is 0.259. The maximum Gasteiger partial charge on any atom is 0.193 e. The van der Waals surface area contributed by atoms with E-state index in [2.05, 4.69) is 76.5 Å². The van der Waals surface area contributed by atoms with E-state index in [1.54, 1.807) is 6.20 Å². The van der Waals surface area contributed by atoms with Gasteiger partial charge in [0.2, 0.25) is 0 Å². The van der Waals surface area contributed by atoms with Gasteiger partial charge in [-0.2, -0.15) is 0 Å². The summed E-state index contributed by atoms with van der Waals surface area (Å²) in [6, 6.07) is 7.81. The van der Waals surface area contributed by atoms with Crippen molar-refractivity contribution in [2.45, 2.75) is 40.7 Å². The summed E-state index contributed by atoms with van der Waals surface area (Å²) in [4.78, 5) is 24.8. The summed E-state index contributed by atoms with van der Waals surface area (Å²) in [5.41, 5.74) is 6.04. The number of allylic oxidation sites excluding steroid dienone is 5. The second kappa shape index (κ2) is 8.97. The Hall–Kier alpha value is -3.38. The minimum atomic E-state index is -0.359. The van der Waals surface area contributed by atoms with E-state index in [9.17, 15) is 9.59 Å². The molecule has 1 aliphatic carbocycles. The number of carbonyl (C=O) groups excluding carboxylic acids is 1. The SMILES string of the molecule is C=CC(=O)c1cn(CCC)c(C2=CC(c3c(C)cccc3C)=CC(C)C#C2)cc1=O. The van der Waals surface area contributed by atoms with Crippen LogP contribution < -0.4 is 5.43 Å². The molecule has 1 aliphatic rings. The first-order chi connectivity index (χ1) is 14.3. The third-order valence-electron chi connectivity index (χ3n) is 5.25. The van der Waals surface area contributed by atoms with E-state index in [4.69, 9.17) is 0 Å². The number of nitrogens with zero attached hydrogens (tertiary/aromatic N) is 1. The van der Waals surface area contributed by atoms with Crippen molar-refractivity contribution in [3.05, 3.63) is 93.4 Å². The average Bonchev–Trinajstić information content (AvgIpc) is 2.90. The monoisotopic (exact) mass is 397 g/mol. The Labute approximate surface area is 178 Å². The highest BCUT2D eigenvalue weighted by Crippen LogP contribution is 2.30. The van der Waals surface area contributed by atoms with E-state index in [0.29, 0.717) is 6.54 Å². The molecule has 1 aromatic heterocycles. The molecule has 1 heterocycles. The molecule has 0 spiro atoms. The summed E-state index contributed by atoms with van der Waals surface area (Å²) < 4.78 is 1.96. The van der Waals surface area contributed by atoms with Crippen LogP contribution in [0.1, 0.15) is 53.0 Å². The van der Waals surface area contributed by atoms with Crippen LogP contribution in [0.2, 0.25) is 0 Å². The number of carbonyl (C=O) groups is 1. The standard InChI is InChI=1S/C27H27NO2/c1-6-13-28-17-23(25(29)7-2)26(30)16-24(28)21-12-11-18(3)14-22(15-21)27-19(4)9-8-10-20(27)5/h7-10,14-18H,2,6,13H2,1,3-5H3. The Balaban J connectivity index is 2.23. The van der Waals surface area contributed by atoms with E-state index in [1.165, 1.54) is 28.8 Å². The number of pyridine rings is 1. The van der Waals surface area contributed by atoms with E-state index < -0.39 is 0 Å². The van der Waals surface area contributed by atoms with Crippen molar-refractivity contribution >= 4 is 16.9 Å². The molecule has 3 rings (SSSR count). The fourth-order valence-corrected chi connectivity index (χ4v) is 3.83. The number of rotatable bonds is 6. The maximum atomic E-state index is 12.7. The van der Waals surface area contributed by atoms with E-state index in [1.807, 2.05) is 4.57 Å². The van der Waals surface area contributed by atoms with Gasteiger partial charge in [-0.05, 0) is 61.6 Å². The number of hydrogen-bond donors (Lipinski definition) is 0. The van der Waals surface area contributed by atoms with Crippen LogP contribution in [-0.4, -0.2) is 10.4 Å². The lowest BCUT2D eigenvalue weighted by atomic mass is 9.92. The van der Waals surface area contributed by atoms with E-state index in [-0.39, 0.29) is 22.7 Å². The molecule has 1 aromatic carbocycles. The molecule has 3 nitrogen and oxygen atoms in total. The minimum absolute atomic E-state index is 0.0840. The average molecular weight is 398 g/mol. The molecule has 2 aromatic rings. The third-order valence-corrected chi connectivity index (χ3v) is 5.25. The molecule has 0 fully saturated rings. The van der Waals surface area contributed by atoms with E-state index >= 15 is 0 Å². The summed E-state index contributed by atoms with van der Waals surface area (Å²) in [6.45, 7) is 12.5. The highest BCUT2D eigenvalue weighted by atomic mass is 16.1. The van der Waals surface area contributed by atoms with Crippen molar-refractivity contribution in [1.29, 1.82) is 0 Å². The van der Waals surface area contributed by atoms with Crippen LogP contribution in [0.3, 0.4) is 0 Å². The Morgan fingerprint density at radius 1 is 1.27 bits per heavy atom. The lowest BCUT2D eigenvalue weighted by molar-refractivity contribution is 0.104. The van der Waals surface area contributed by atoms with Gasteiger partial charge < -0.3 is 4.57 Å². The predicted octanol–water partition coefficient (Wildman–Crippen LogP) is 5.36. The minimum Gasteiger partial charge on any atom is -0.346 e. The van der Waals surface area contributed by atoms with Gasteiger partial charge in [0, 0.05) is 30.3 Å². The van der Waals surface area contributed by atoms with Gasteiger partial charge in [-0.1, -0.05) is 49.6 Å². The smallest absolute Gasteiger partial charge is 0.193 e. The zero-order valence-corrected chi connectivity index (χ0v) is 18.1. The lowest BCUT2D eigenvalue weighted by Gasteiger charge is -2.15. The normalized spacial score (nSPS) is 15.4. The van der Waals surface area contributed by atoms with Crippen LogP contribution in [0.5, 0.6) is 0 Å². The van der Waals surface area contributed by atoms with Crippen LogP contribution in [0, 0.1) is 31.6 Å². The first kappa shape index (κ1) is 21.3. The molecule has 0 amide bonds. The Morgan fingerprint density at radius 3 is 2.60 bits per heavy atom. The summed E-state index contributed by atoms with van der Waals surface area (Å²) in [5, 5.41) is 0. The molecule has 1 atom stereocenters. The topological polar surface area (TPSA) is 39.1 Å². The molecule has 0 saturated carbocycles. The van der Waals surface area contributed by atoms with Gasteiger partial charge in [-0.15, -0.1) is 0 Å². The Morgan fingerprint density at radius 2 is 1.97 bits per heavy atom. The summed E-state index contributed by atoms with van der Waals surface area (Å²) in [6.07, 6.45) is 7.94. The van der Waals surface area contributed by atoms with Crippen molar-refractivity contribution in [3.8, 4) is 11.8 Å². The number of hydrogen-bond acceptors (Lipinski definition) is 2. The molecule has 0 aliphatic heterocycles. The molecule has 0 radical (unpaired) electrons. The molecular formula is C27H27NO2. The second-order valence-corrected chi connectivity index (χ2v) is 7.70. The third kappa shape index (κ3) is 4.28. The van der Waals surface area contributed by atoms with E-state index in [0.717, 1.165) is 23.3 Å². The van der Waals surface area contributed by atoms with Gasteiger partial charge in [0.15, 0.2) is 11.2 Å². The van der Waals surface area contributed by atoms with Crippen molar-refractivity contribution in [2.75, 3.05) is 0 Å². The number of aryl methyl sites for hydroxylation is 3. The van der Waals surface area contributed by atoms with Crippen molar-refractivity contribution in [1.82, 2.24) is 4.57 Å². The predicted molar refractivity (Wildman–Crippen MR) is 124 cm³/mol. The largest absolute Gasteiger partial charge is 0.346 e. The highest BCUT2D eigenvalue weighted by Gasteiger charge is 2.16. The van der Waals surface area contributed by atoms with Gasteiger partial charge in [0.1, 0.15) is 0 Å². The van der Waals surface area contributed by atoms with Crippen LogP contribution in [0.25, 0.3) is 11.1 Å². The number of ketones is 1. The Kier molecular flexibility index (Phi) is 6.37. The van der Waals surface area contributed by atoms with Crippen molar-refractivity contribution in [3.63, 3.8) is 0 Å². The Bertz CT molecular complexity index is 1180. The molecule has 1 unspecified atom stereocenters. The fourth-order valence-electron chi connectivity index (χ4n) is 3.83. The quantitative estimate of drug-likeness (QED) is 0.374. The molecule has 0 bridgehead atoms. The van der Waals surface area contributed by atoms with Crippen LogP contribution >= 0.6 is 0 Å². The number of benzene rings is 1. The second-order valence-electron chi connectivity index (χ2n) is 7.70. The lowest BCUT2D eigenvalue weighted by Crippen LogP contribution is -2.19. The van der Waals surface area contributed by atoms with Crippen molar-refractivity contribution < 1.29 is 4.79 Å². The molecule has 0 saturated heterocycles. The highest BCUT2D eigenvalue weighted by molar-refractivity contribution is 6.04. The zero-order valence-electron chi connectivity index (χ0n) is 18.1. The first-order valence-corrected chi connectivity index (χ1v) is 10.3. The van der Waals surface area contributed by atoms with Gasteiger partial charge in [-0.3, -0.25) is 9.59 Å². The molecule has 30 heavy (non-hydrogen) atoms. The number of aromatic nitrogens is 1. The van der Waals surface area contributed by atoms with Gasteiger partial charge in [-0.25, -0.2) is 0 Å². The summed E-state index contributed by atoms with van der Waals surface area (Å²) >= 11 is 0. The summed E-state index contributed by atoms with van der Waals surface area (Å²) in [5.74, 6) is 6.27. The van der Waals surface area contributed by atoms with Crippen LogP contribution in [0.4, 0.5) is 0 Å². The molecule has 0 N–H and O–H groups in total. The summed E-state index contributed by atoms with van der Waals surface area (Å²) in [7, 11) is 0. The van der Waals surface area contributed by atoms with Crippen molar-refractivity contribution in [2.24, 2.45) is 5.92 Å². The van der Waals surface area contributed by atoms with Crippen LogP contribution in [0.15, 0.2) is 60.1 Å². The molecular weight excluding hydrogens is 370 g/mol. The van der Waals surface area contributed by atoms with Gasteiger partial charge in [0.05, 0.1) is 11.3 Å². The molecule has 3 heteroatoms. The maximum absolute atomic E-state index is 12.7.